The van der Waals surface area contributed by atoms with Gasteiger partial charge in [-0.1, -0.05) is 62.2 Å². The van der Waals surface area contributed by atoms with Crippen LogP contribution in [0.25, 0.3) is 0 Å². The van der Waals surface area contributed by atoms with Crippen LogP contribution in [0.4, 0.5) is 16.2 Å². The van der Waals surface area contributed by atoms with Crippen molar-refractivity contribution in [3.8, 4) is 0 Å². The number of anilines is 2. The van der Waals surface area contributed by atoms with Gasteiger partial charge in [0, 0.05) is 12.5 Å². The topological polar surface area (TPSA) is 90.5 Å². The van der Waals surface area contributed by atoms with E-state index in [1.54, 1.807) is 18.2 Å². The molecule has 2 aromatic carbocycles. The van der Waals surface area contributed by atoms with Gasteiger partial charge in [-0.15, -0.1) is 0 Å². The fourth-order valence-corrected chi connectivity index (χ4v) is 4.51. The van der Waals surface area contributed by atoms with Gasteiger partial charge >= 0.3 is 6.03 Å². The van der Waals surface area contributed by atoms with Crippen LogP contribution in [0.3, 0.4) is 0 Å². The van der Waals surface area contributed by atoms with E-state index in [0.29, 0.717) is 23.7 Å². The van der Waals surface area contributed by atoms with Crippen LogP contribution in [0.1, 0.15) is 38.2 Å². The van der Waals surface area contributed by atoms with Gasteiger partial charge in [-0.2, -0.15) is 0 Å². The molecular weight excluding hydrogens is 404 g/mol. The van der Waals surface area contributed by atoms with Gasteiger partial charge in [-0.05, 0) is 36.5 Å². The van der Waals surface area contributed by atoms with Gasteiger partial charge in [-0.25, -0.2) is 4.79 Å². The number of carbonyl (C=O) groups is 3. The van der Waals surface area contributed by atoms with Crippen LogP contribution < -0.4 is 20.9 Å². The molecule has 1 aliphatic carbocycles. The van der Waals surface area contributed by atoms with E-state index in [4.69, 9.17) is 0 Å². The van der Waals surface area contributed by atoms with Crippen molar-refractivity contribution in [3.05, 3.63) is 60.2 Å². The van der Waals surface area contributed by atoms with E-state index in [-0.39, 0.29) is 24.4 Å². The number of fused-ring (bicyclic) bond motifs is 1. The number of carbonyl (C=O) groups excluding carboxylic acids is 3. The lowest BCUT2D eigenvalue weighted by atomic mass is 9.85. The summed E-state index contributed by atoms with van der Waals surface area (Å²) in [6.45, 7) is 2.07. The Morgan fingerprint density at radius 2 is 1.78 bits per heavy atom. The summed E-state index contributed by atoms with van der Waals surface area (Å²) in [7, 11) is 0. The van der Waals surface area contributed by atoms with Crippen molar-refractivity contribution in [3.63, 3.8) is 0 Å². The van der Waals surface area contributed by atoms with Crippen molar-refractivity contribution in [2.45, 2.75) is 51.1 Å². The van der Waals surface area contributed by atoms with Crippen molar-refractivity contribution in [1.82, 2.24) is 10.6 Å². The van der Waals surface area contributed by atoms with Gasteiger partial charge in [0.2, 0.25) is 11.8 Å². The molecule has 3 atom stereocenters. The maximum absolute atomic E-state index is 13.3. The molecule has 7 heteroatoms. The third kappa shape index (κ3) is 5.10. The average molecular weight is 435 g/mol. The van der Waals surface area contributed by atoms with E-state index in [2.05, 4.69) is 22.9 Å². The first kappa shape index (κ1) is 21.9. The number of para-hydroxylation sites is 2. The van der Waals surface area contributed by atoms with Crippen LogP contribution in [0, 0.1) is 5.92 Å². The number of benzene rings is 2. The molecule has 1 saturated carbocycles. The number of nitrogens with zero attached hydrogens (tertiary/aromatic N) is 1. The number of rotatable bonds is 5. The lowest BCUT2D eigenvalue weighted by Gasteiger charge is -2.33. The summed E-state index contributed by atoms with van der Waals surface area (Å²) in [6, 6.07) is 15.7. The zero-order chi connectivity index (χ0) is 22.5. The minimum absolute atomic E-state index is 0.0951. The van der Waals surface area contributed by atoms with E-state index >= 15 is 0 Å². The Morgan fingerprint density at radius 3 is 2.56 bits per heavy atom. The summed E-state index contributed by atoms with van der Waals surface area (Å²) in [5.41, 5.74) is 2.16. The zero-order valence-corrected chi connectivity index (χ0v) is 18.3. The smallest absolute Gasteiger partial charge is 0.323 e. The Hall–Kier alpha value is -3.35. The Balaban J connectivity index is 1.52. The molecule has 0 radical (unpaired) electrons. The van der Waals surface area contributed by atoms with Gasteiger partial charge < -0.3 is 16.0 Å². The standard InChI is InChI=1S/C25H30N4O3/c1-17-9-5-6-12-19(17)27-24(31)21(15-18-10-3-2-4-11-18)28-25(32)29-16-23(30)26-20-13-7-8-14-22(20)29/h2-4,7-8,10-11,13-14,17,19,21H,5-6,9,12,15-16H2,1H3,(H,26,30)(H,27,31)(H,28,32)/t17?,19?,21-/m1/s1. The fraction of sp³-hybridized carbons (Fsp3) is 0.400. The second-order valence-electron chi connectivity index (χ2n) is 8.72. The predicted octanol–water partition coefficient (Wildman–Crippen LogP) is 3.46. The first-order valence-corrected chi connectivity index (χ1v) is 11.3. The number of urea groups is 1. The highest BCUT2D eigenvalue weighted by Gasteiger charge is 2.31. The molecule has 2 aromatic rings. The molecular formula is C25H30N4O3. The van der Waals surface area contributed by atoms with Gasteiger partial charge in [0.05, 0.1) is 11.4 Å². The van der Waals surface area contributed by atoms with E-state index in [1.165, 1.54) is 11.3 Å². The number of hydrogen-bond donors (Lipinski definition) is 3. The molecule has 0 saturated heterocycles. The zero-order valence-electron chi connectivity index (χ0n) is 18.3. The Kier molecular flexibility index (Phi) is 6.73. The Labute approximate surface area is 188 Å². The van der Waals surface area contributed by atoms with Gasteiger partial charge in [-0.3, -0.25) is 14.5 Å². The van der Waals surface area contributed by atoms with Crippen LogP contribution in [0.5, 0.6) is 0 Å². The molecule has 1 fully saturated rings. The molecule has 4 amide bonds. The highest BCUT2D eigenvalue weighted by atomic mass is 16.2. The molecule has 0 spiro atoms. The lowest BCUT2D eigenvalue weighted by molar-refractivity contribution is -0.124. The van der Waals surface area contributed by atoms with E-state index in [1.807, 2.05) is 36.4 Å². The van der Waals surface area contributed by atoms with Crippen molar-refractivity contribution < 1.29 is 14.4 Å². The summed E-state index contributed by atoms with van der Waals surface area (Å²) in [6.07, 6.45) is 4.72. The van der Waals surface area contributed by atoms with Crippen LogP contribution in [-0.4, -0.2) is 36.5 Å². The van der Waals surface area contributed by atoms with E-state index in [0.717, 1.165) is 24.8 Å². The van der Waals surface area contributed by atoms with Gasteiger partial charge in [0.15, 0.2) is 0 Å². The number of amides is 4. The quantitative estimate of drug-likeness (QED) is 0.673. The summed E-state index contributed by atoms with van der Waals surface area (Å²) < 4.78 is 0. The predicted molar refractivity (Wildman–Crippen MR) is 124 cm³/mol. The number of hydrogen-bond acceptors (Lipinski definition) is 3. The maximum atomic E-state index is 13.3. The Bertz CT molecular complexity index is 978. The summed E-state index contributed by atoms with van der Waals surface area (Å²) in [5, 5.41) is 8.85. The van der Waals surface area contributed by atoms with Gasteiger partial charge in [0.1, 0.15) is 12.6 Å². The SMILES string of the molecule is CC1CCCCC1NC(=O)[C@@H](Cc1ccccc1)NC(=O)N1CC(=O)Nc2ccccc21. The minimum atomic E-state index is -0.740. The van der Waals surface area contributed by atoms with Gasteiger partial charge in [0.25, 0.3) is 0 Å². The molecule has 2 aliphatic rings. The highest BCUT2D eigenvalue weighted by Crippen LogP contribution is 2.29. The minimum Gasteiger partial charge on any atom is -0.351 e. The fourth-order valence-electron chi connectivity index (χ4n) is 4.51. The molecule has 1 heterocycles. The van der Waals surface area contributed by atoms with Crippen molar-refractivity contribution in [1.29, 1.82) is 0 Å². The van der Waals surface area contributed by atoms with E-state index < -0.39 is 12.1 Å². The van der Waals surface area contributed by atoms with Crippen LogP contribution in [-0.2, 0) is 16.0 Å². The monoisotopic (exact) mass is 434 g/mol. The first-order valence-electron chi connectivity index (χ1n) is 11.3. The molecule has 168 valence electrons. The van der Waals surface area contributed by atoms with Crippen LogP contribution in [0.2, 0.25) is 0 Å². The molecule has 7 nitrogen and oxygen atoms in total. The normalized spacial score (nSPS) is 21.2. The molecule has 2 unspecified atom stereocenters. The van der Waals surface area contributed by atoms with Crippen molar-refractivity contribution >= 4 is 29.2 Å². The van der Waals surface area contributed by atoms with Crippen LogP contribution >= 0.6 is 0 Å². The second-order valence-corrected chi connectivity index (χ2v) is 8.72. The maximum Gasteiger partial charge on any atom is 0.323 e. The molecule has 3 N–H and O–H groups in total. The summed E-state index contributed by atoms with van der Waals surface area (Å²) in [4.78, 5) is 40.0. The van der Waals surface area contributed by atoms with E-state index in [9.17, 15) is 14.4 Å². The average Bonchev–Trinajstić information content (AvgIpc) is 2.80. The molecule has 0 bridgehead atoms. The summed E-state index contributed by atoms with van der Waals surface area (Å²) >= 11 is 0. The Morgan fingerprint density at radius 1 is 1.06 bits per heavy atom. The van der Waals surface area contributed by atoms with Crippen molar-refractivity contribution in [2.24, 2.45) is 5.92 Å². The molecule has 0 aromatic heterocycles. The van der Waals surface area contributed by atoms with Crippen molar-refractivity contribution in [2.75, 3.05) is 16.8 Å². The third-order valence-corrected chi connectivity index (χ3v) is 6.35. The third-order valence-electron chi connectivity index (χ3n) is 6.35. The molecule has 32 heavy (non-hydrogen) atoms. The first-order chi connectivity index (χ1) is 15.5. The summed E-state index contributed by atoms with van der Waals surface area (Å²) in [5.74, 6) is -0.0342. The largest absolute Gasteiger partial charge is 0.351 e. The number of nitrogens with one attached hydrogen (secondary N) is 3. The molecule has 4 rings (SSSR count). The highest BCUT2D eigenvalue weighted by molar-refractivity contribution is 6.10. The second kappa shape index (κ2) is 9.85. The lowest BCUT2D eigenvalue weighted by Crippen LogP contribution is -2.56. The van der Waals surface area contributed by atoms with Crippen LogP contribution in [0.15, 0.2) is 54.6 Å². The molecule has 1 aliphatic heterocycles.